The summed E-state index contributed by atoms with van der Waals surface area (Å²) in [5.74, 6) is -0.660. The van der Waals surface area contributed by atoms with Crippen LogP contribution in [-0.2, 0) is 14.3 Å². The van der Waals surface area contributed by atoms with Crippen molar-refractivity contribution in [2.24, 2.45) is 5.41 Å². The van der Waals surface area contributed by atoms with E-state index in [1.165, 1.54) is 14.0 Å². The van der Waals surface area contributed by atoms with Crippen LogP contribution in [0.4, 0.5) is 11.4 Å². The SMILES string of the molecule is COC(=O)C1(C(C)=O)CN(c2ccc(C)cc2)CN(c2ccc(C)cc2)C1. The second-order valence-electron chi connectivity index (χ2n) is 7.34. The highest BCUT2D eigenvalue weighted by atomic mass is 16.5. The monoisotopic (exact) mass is 366 g/mol. The Morgan fingerprint density at radius 1 is 0.852 bits per heavy atom. The van der Waals surface area contributed by atoms with Gasteiger partial charge in [0.1, 0.15) is 0 Å². The average molecular weight is 366 g/mol. The molecule has 0 bridgehead atoms. The molecule has 27 heavy (non-hydrogen) atoms. The number of hydrogen-bond donors (Lipinski definition) is 0. The molecule has 1 fully saturated rings. The molecule has 0 N–H and O–H groups in total. The summed E-state index contributed by atoms with van der Waals surface area (Å²) in [5, 5.41) is 0. The number of hydrogen-bond acceptors (Lipinski definition) is 5. The standard InChI is InChI=1S/C22H26N2O3/c1-16-5-9-19(10-6-16)23-13-22(18(3)25,21(26)27-4)14-24(15-23)20-11-7-17(2)8-12-20/h5-12H,13-15H2,1-4H3. The number of carbonyl (C=O) groups is 2. The maximum atomic E-state index is 12.7. The third-order valence-corrected chi connectivity index (χ3v) is 5.31. The predicted octanol–water partition coefficient (Wildman–Crippen LogP) is 3.34. The largest absolute Gasteiger partial charge is 0.468 e. The van der Waals surface area contributed by atoms with Gasteiger partial charge in [-0.2, -0.15) is 0 Å². The molecule has 0 radical (unpaired) electrons. The number of aryl methyl sites for hydroxylation is 2. The van der Waals surface area contributed by atoms with Crippen molar-refractivity contribution in [3.63, 3.8) is 0 Å². The Kier molecular flexibility index (Phi) is 5.22. The van der Waals surface area contributed by atoms with E-state index in [9.17, 15) is 9.59 Å². The van der Waals surface area contributed by atoms with Crippen LogP contribution in [0.15, 0.2) is 48.5 Å². The summed E-state index contributed by atoms with van der Waals surface area (Å²) in [6, 6.07) is 16.2. The normalized spacial score (nSPS) is 16.1. The topological polar surface area (TPSA) is 49.9 Å². The Morgan fingerprint density at radius 3 is 1.59 bits per heavy atom. The lowest BCUT2D eigenvalue weighted by Gasteiger charge is -2.46. The summed E-state index contributed by atoms with van der Waals surface area (Å²) in [4.78, 5) is 29.5. The molecule has 0 aromatic heterocycles. The number of esters is 1. The molecule has 2 aromatic carbocycles. The second kappa shape index (κ2) is 7.43. The van der Waals surface area contributed by atoms with Crippen LogP contribution < -0.4 is 9.80 Å². The van der Waals surface area contributed by atoms with E-state index in [0.29, 0.717) is 19.8 Å². The van der Waals surface area contributed by atoms with E-state index in [2.05, 4.69) is 9.80 Å². The van der Waals surface area contributed by atoms with Gasteiger partial charge in [0.25, 0.3) is 0 Å². The van der Waals surface area contributed by atoms with Crippen molar-refractivity contribution in [1.82, 2.24) is 0 Å². The fourth-order valence-corrected chi connectivity index (χ4v) is 3.56. The lowest BCUT2D eigenvalue weighted by molar-refractivity contribution is -0.156. The number of benzene rings is 2. The van der Waals surface area contributed by atoms with E-state index in [4.69, 9.17) is 4.74 Å². The number of Topliss-reactive ketones (excluding diaryl/α,β-unsaturated/α-hetero) is 1. The van der Waals surface area contributed by atoms with Gasteiger partial charge in [-0.05, 0) is 45.0 Å². The van der Waals surface area contributed by atoms with Crippen molar-refractivity contribution >= 4 is 23.1 Å². The fraction of sp³-hybridized carbons (Fsp3) is 0.364. The summed E-state index contributed by atoms with van der Waals surface area (Å²) in [6.45, 7) is 6.75. The molecule has 0 spiro atoms. The maximum Gasteiger partial charge on any atom is 0.323 e. The Balaban J connectivity index is 2.04. The molecule has 0 aliphatic carbocycles. The van der Waals surface area contributed by atoms with Gasteiger partial charge in [-0.25, -0.2) is 0 Å². The first-order chi connectivity index (χ1) is 12.9. The highest BCUT2D eigenvalue weighted by Crippen LogP contribution is 2.34. The summed E-state index contributed by atoms with van der Waals surface area (Å²) in [7, 11) is 1.34. The first-order valence-corrected chi connectivity index (χ1v) is 9.08. The van der Waals surface area contributed by atoms with Gasteiger partial charge in [-0.15, -0.1) is 0 Å². The Morgan fingerprint density at radius 2 is 1.26 bits per heavy atom. The van der Waals surface area contributed by atoms with Crippen LogP contribution in [0.3, 0.4) is 0 Å². The summed E-state index contributed by atoms with van der Waals surface area (Å²) >= 11 is 0. The van der Waals surface area contributed by atoms with E-state index in [0.717, 1.165) is 22.5 Å². The first-order valence-electron chi connectivity index (χ1n) is 9.08. The lowest BCUT2D eigenvalue weighted by Crippen LogP contribution is -2.62. The molecule has 0 saturated carbocycles. The van der Waals surface area contributed by atoms with Gasteiger partial charge in [0, 0.05) is 24.5 Å². The predicted molar refractivity (Wildman–Crippen MR) is 107 cm³/mol. The van der Waals surface area contributed by atoms with Crippen molar-refractivity contribution in [3.05, 3.63) is 59.7 Å². The van der Waals surface area contributed by atoms with Crippen molar-refractivity contribution in [3.8, 4) is 0 Å². The van der Waals surface area contributed by atoms with Crippen LogP contribution in [0.25, 0.3) is 0 Å². The quantitative estimate of drug-likeness (QED) is 0.614. The molecule has 1 heterocycles. The molecule has 0 amide bonds. The molecule has 142 valence electrons. The number of rotatable bonds is 4. The molecule has 3 rings (SSSR count). The molecular formula is C22H26N2O3. The number of ether oxygens (including phenoxy) is 1. The van der Waals surface area contributed by atoms with E-state index in [1.54, 1.807) is 0 Å². The zero-order valence-electron chi connectivity index (χ0n) is 16.4. The number of nitrogens with zero attached hydrogens (tertiary/aromatic N) is 2. The smallest absolute Gasteiger partial charge is 0.323 e. The molecule has 5 heteroatoms. The lowest BCUT2D eigenvalue weighted by atomic mass is 9.81. The van der Waals surface area contributed by atoms with Gasteiger partial charge < -0.3 is 14.5 Å². The van der Waals surface area contributed by atoms with Gasteiger partial charge >= 0.3 is 5.97 Å². The van der Waals surface area contributed by atoms with Crippen molar-refractivity contribution < 1.29 is 14.3 Å². The maximum absolute atomic E-state index is 12.7. The number of methoxy groups -OCH3 is 1. The number of anilines is 2. The van der Waals surface area contributed by atoms with Gasteiger partial charge in [0.2, 0.25) is 0 Å². The van der Waals surface area contributed by atoms with E-state index in [-0.39, 0.29) is 5.78 Å². The zero-order chi connectivity index (χ0) is 19.6. The highest BCUT2D eigenvalue weighted by molar-refractivity contribution is 6.04. The molecular weight excluding hydrogens is 340 g/mol. The van der Waals surface area contributed by atoms with E-state index < -0.39 is 11.4 Å². The van der Waals surface area contributed by atoms with Crippen LogP contribution in [0.2, 0.25) is 0 Å². The Labute approximate surface area is 160 Å². The van der Waals surface area contributed by atoms with Crippen LogP contribution in [0.5, 0.6) is 0 Å². The van der Waals surface area contributed by atoms with Crippen molar-refractivity contribution in [2.45, 2.75) is 20.8 Å². The van der Waals surface area contributed by atoms with E-state index >= 15 is 0 Å². The average Bonchev–Trinajstić information content (AvgIpc) is 2.67. The van der Waals surface area contributed by atoms with E-state index in [1.807, 2.05) is 62.4 Å². The van der Waals surface area contributed by atoms with Crippen LogP contribution in [-0.4, -0.2) is 38.6 Å². The van der Waals surface area contributed by atoms with Gasteiger partial charge in [-0.3, -0.25) is 9.59 Å². The summed E-state index contributed by atoms with van der Waals surface area (Å²) < 4.78 is 5.05. The minimum Gasteiger partial charge on any atom is -0.468 e. The minimum absolute atomic E-state index is 0.178. The van der Waals surface area contributed by atoms with Gasteiger partial charge in [0.05, 0.1) is 13.8 Å². The van der Waals surface area contributed by atoms with Crippen LogP contribution in [0, 0.1) is 19.3 Å². The Bertz CT molecular complexity index is 774. The minimum atomic E-state index is -1.22. The third kappa shape index (κ3) is 3.68. The van der Waals surface area contributed by atoms with Crippen molar-refractivity contribution in [1.29, 1.82) is 0 Å². The molecule has 0 atom stereocenters. The molecule has 2 aromatic rings. The molecule has 5 nitrogen and oxygen atoms in total. The molecule has 0 unspecified atom stereocenters. The molecule has 1 aliphatic rings. The summed E-state index contributed by atoms with van der Waals surface area (Å²) in [5.41, 5.74) is 3.07. The number of carbonyl (C=O) groups excluding carboxylic acids is 2. The van der Waals surface area contributed by atoms with Gasteiger partial charge in [-0.1, -0.05) is 35.4 Å². The zero-order valence-corrected chi connectivity index (χ0v) is 16.4. The molecule has 1 saturated heterocycles. The summed E-state index contributed by atoms with van der Waals surface area (Å²) in [6.07, 6.45) is 0. The molecule has 1 aliphatic heterocycles. The second-order valence-corrected chi connectivity index (χ2v) is 7.34. The third-order valence-electron chi connectivity index (χ3n) is 5.31. The van der Waals surface area contributed by atoms with Gasteiger partial charge in [0.15, 0.2) is 11.2 Å². The van der Waals surface area contributed by atoms with Crippen molar-refractivity contribution in [2.75, 3.05) is 36.7 Å². The van der Waals surface area contributed by atoms with Crippen LogP contribution >= 0.6 is 0 Å². The van der Waals surface area contributed by atoms with Crippen LogP contribution in [0.1, 0.15) is 18.1 Å². The fourth-order valence-electron chi connectivity index (χ4n) is 3.56. The first kappa shape index (κ1) is 19.0. The number of ketones is 1. The highest BCUT2D eigenvalue weighted by Gasteiger charge is 2.50. The Hall–Kier alpha value is -2.82.